The van der Waals surface area contributed by atoms with Crippen LogP contribution in [-0.2, 0) is 12.6 Å². The minimum atomic E-state index is -4.51. The molecule has 6 aromatic rings. The zero-order chi connectivity index (χ0) is 37.3. The fourth-order valence-electron chi connectivity index (χ4n) is 4.95. The summed E-state index contributed by atoms with van der Waals surface area (Å²) in [5.74, 6) is -10.3. The summed E-state index contributed by atoms with van der Waals surface area (Å²) in [5.41, 5.74) is 2.30. The second-order valence-electron chi connectivity index (χ2n) is 10.9. The van der Waals surface area contributed by atoms with Crippen molar-refractivity contribution in [2.45, 2.75) is 51.6 Å². The van der Waals surface area contributed by atoms with Gasteiger partial charge >= 0.3 is 11.8 Å². The predicted molar refractivity (Wildman–Crippen MR) is 187 cm³/mol. The molecule has 0 spiro atoms. The van der Waals surface area contributed by atoms with Crippen molar-refractivity contribution in [3.05, 3.63) is 95.6 Å². The molecule has 0 amide bonds. The van der Waals surface area contributed by atoms with Crippen LogP contribution in [0.5, 0.6) is 0 Å². The van der Waals surface area contributed by atoms with Crippen molar-refractivity contribution < 1.29 is 43.9 Å². The van der Waals surface area contributed by atoms with E-state index in [-0.39, 0.29) is 24.2 Å². The highest BCUT2D eigenvalue weighted by Crippen LogP contribution is 2.47. The monoisotopic (exact) mass is 776 g/mol. The average molecular weight is 777 g/mol. The molecule has 3 aromatic heterocycles. The Morgan fingerprint density at radius 3 is 1.43 bits per heavy atom. The second-order valence-corrected chi connectivity index (χ2v) is 13.6. The van der Waals surface area contributed by atoms with Gasteiger partial charge < -0.3 is 0 Å². The Hall–Kier alpha value is -3.82. The number of rotatable bonds is 10. The number of aromatic nitrogens is 2. The molecule has 0 N–H and O–H groups in total. The van der Waals surface area contributed by atoms with Gasteiger partial charge in [-0.1, -0.05) is 56.7 Å². The molecular formula is C36H30F10N2S3. The van der Waals surface area contributed by atoms with Gasteiger partial charge in [-0.2, -0.15) is 26.3 Å². The van der Waals surface area contributed by atoms with Crippen molar-refractivity contribution in [3.8, 4) is 41.8 Å². The van der Waals surface area contributed by atoms with Crippen molar-refractivity contribution in [3.63, 3.8) is 0 Å². The van der Waals surface area contributed by atoms with Gasteiger partial charge in [-0.25, -0.2) is 22.0 Å². The minimum absolute atomic E-state index is 0.0155. The van der Waals surface area contributed by atoms with E-state index in [2.05, 4.69) is 8.75 Å². The SMILES string of the molecule is CCCC(F)(F)C(F)(F)c1ccc(-c2ccc(-c3ccc(-c4ccc(-c5ccc(CF)cc5F)s4)c4nsnc34)s2)c(F)c1.CCCF.FCF. The minimum Gasteiger partial charge on any atom is -0.251 e. The van der Waals surface area contributed by atoms with E-state index in [1.165, 1.54) is 35.7 Å². The third-order valence-electron chi connectivity index (χ3n) is 7.42. The summed E-state index contributed by atoms with van der Waals surface area (Å²) in [6, 6.07) is 17.4. The van der Waals surface area contributed by atoms with E-state index in [0.29, 0.717) is 38.8 Å². The van der Waals surface area contributed by atoms with Crippen LogP contribution >= 0.6 is 34.4 Å². The predicted octanol–water partition coefficient (Wildman–Crippen LogP) is 14.0. The Morgan fingerprint density at radius 1 is 0.588 bits per heavy atom. The van der Waals surface area contributed by atoms with E-state index in [1.807, 2.05) is 18.2 Å². The largest absolute Gasteiger partial charge is 0.335 e. The molecule has 51 heavy (non-hydrogen) atoms. The summed E-state index contributed by atoms with van der Waals surface area (Å²) in [5, 5.41) is 0. The molecular weight excluding hydrogens is 747 g/mol. The molecule has 15 heteroatoms. The molecule has 6 rings (SSSR count). The van der Waals surface area contributed by atoms with Gasteiger partial charge in [-0.05, 0) is 48.4 Å². The molecule has 0 aliphatic carbocycles. The molecule has 3 heterocycles. The fraction of sp³-hybridized carbons (Fsp3) is 0.278. The highest BCUT2D eigenvalue weighted by atomic mass is 32.1. The van der Waals surface area contributed by atoms with E-state index in [1.54, 1.807) is 37.3 Å². The van der Waals surface area contributed by atoms with E-state index >= 15 is 4.39 Å². The molecule has 0 aliphatic heterocycles. The van der Waals surface area contributed by atoms with Crippen LogP contribution in [0.15, 0.2) is 72.8 Å². The molecule has 3 aromatic carbocycles. The fourth-order valence-corrected chi connectivity index (χ4v) is 7.65. The van der Waals surface area contributed by atoms with Crippen LogP contribution < -0.4 is 0 Å². The summed E-state index contributed by atoms with van der Waals surface area (Å²) >= 11 is 3.58. The lowest BCUT2D eigenvalue weighted by atomic mass is 9.97. The Labute approximate surface area is 299 Å². The molecule has 0 radical (unpaired) electrons. The highest BCUT2D eigenvalue weighted by Gasteiger charge is 2.56. The van der Waals surface area contributed by atoms with Crippen molar-refractivity contribution >= 4 is 45.4 Å². The number of thiophene rings is 2. The third-order valence-corrected chi connectivity index (χ3v) is 10.3. The topological polar surface area (TPSA) is 25.8 Å². The number of halogens is 10. The van der Waals surface area contributed by atoms with Gasteiger partial charge in [0.2, 0.25) is 6.93 Å². The average Bonchev–Trinajstić information content (AvgIpc) is 3.90. The first-order valence-electron chi connectivity index (χ1n) is 15.4. The maximum atomic E-state index is 15.1. The van der Waals surface area contributed by atoms with Gasteiger partial charge in [-0.3, -0.25) is 4.39 Å². The van der Waals surface area contributed by atoms with E-state index in [0.717, 1.165) is 44.7 Å². The second kappa shape index (κ2) is 17.6. The Balaban J connectivity index is 0.000000767. The summed E-state index contributed by atoms with van der Waals surface area (Å²) in [7, 11) is 0. The summed E-state index contributed by atoms with van der Waals surface area (Å²) in [6.45, 7) is 0.504. The van der Waals surface area contributed by atoms with Crippen LogP contribution in [0.4, 0.5) is 43.9 Å². The normalized spacial score (nSPS) is 11.6. The molecule has 0 bridgehead atoms. The number of fused-ring (bicyclic) bond motifs is 1. The van der Waals surface area contributed by atoms with Crippen LogP contribution in [0.1, 0.15) is 44.2 Å². The summed E-state index contributed by atoms with van der Waals surface area (Å²) < 4.78 is 139. The molecule has 0 saturated heterocycles. The molecule has 0 aliphatic rings. The van der Waals surface area contributed by atoms with E-state index in [9.17, 15) is 39.5 Å². The molecule has 0 unspecified atom stereocenters. The Bertz CT molecular complexity index is 2030. The highest BCUT2D eigenvalue weighted by molar-refractivity contribution is 7.19. The van der Waals surface area contributed by atoms with E-state index < -0.39 is 49.1 Å². The van der Waals surface area contributed by atoms with E-state index in [4.69, 9.17) is 0 Å². The maximum Gasteiger partial charge on any atom is 0.335 e. The lowest BCUT2D eigenvalue weighted by Crippen LogP contribution is -2.37. The lowest BCUT2D eigenvalue weighted by molar-refractivity contribution is -0.219. The third kappa shape index (κ3) is 8.80. The number of benzene rings is 3. The molecule has 0 fully saturated rings. The van der Waals surface area contributed by atoms with Gasteiger partial charge in [0, 0.05) is 53.7 Å². The van der Waals surface area contributed by atoms with Crippen LogP contribution in [0.25, 0.3) is 52.8 Å². The van der Waals surface area contributed by atoms with Crippen molar-refractivity contribution in [2.24, 2.45) is 0 Å². The van der Waals surface area contributed by atoms with Gasteiger partial charge in [-0.15, -0.1) is 22.7 Å². The van der Waals surface area contributed by atoms with Crippen molar-refractivity contribution in [1.82, 2.24) is 8.75 Å². The number of hydrogen-bond acceptors (Lipinski definition) is 5. The van der Waals surface area contributed by atoms with Crippen LogP contribution in [0, 0.1) is 11.6 Å². The lowest BCUT2D eigenvalue weighted by Gasteiger charge is -2.26. The molecule has 0 saturated carbocycles. The summed E-state index contributed by atoms with van der Waals surface area (Å²) in [4.78, 5) is 2.64. The first-order valence-corrected chi connectivity index (χ1v) is 17.8. The molecule has 272 valence electrons. The first-order chi connectivity index (χ1) is 24.4. The quantitative estimate of drug-likeness (QED) is 0.130. The zero-order valence-electron chi connectivity index (χ0n) is 27.1. The number of nitrogens with zero attached hydrogens (tertiary/aromatic N) is 2. The number of alkyl halides is 8. The Morgan fingerprint density at radius 2 is 1.02 bits per heavy atom. The van der Waals surface area contributed by atoms with Crippen LogP contribution in [0.3, 0.4) is 0 Å². The first kappa shape index (κ1) is 40.0. The van der Waals surface area contributed by atoms with Crippen LogP contribution in [0.2, 0.25) is 0 Å². The smallest absolute Gasteiger partial charge is 0.251 e. The van der Waals surface area contributed by atoms with Crippen molar-refractivity contribution in [1.29, 1.82) is 0 Å². The van der Waals surface area contributed by atoms with Gasteiger partial charge in [0.05, 0.1) is 18.4 Å². The molecule has 0 atom stereocenters. The van der Waals surface area contributed by atoms with Gasteiger partial charge in [0.15, 0.2) is 0 Å². The van der Waals surface area contributed by atoms with Gasteiger partial charge in [0.1, 0.15) is 29.3 Å². The van der Waals surface area contributed by atoms with Crippen molar-refractivity contribution in [2.75, 3.05) is 13.6 Å². The zero-order valence-corrected chi connectivity index (χ0v) is 29.5. The van der Waals surface area contributed by atoms with Gasteiger partial charge in [0.25, 0.3) is 0 Å². The summed E-state index contributed by atoms with van der Waals surface area (Å²) in [6.07, 6.45) is -0.507. The maximum absolute atomic E-state index is 15.1. The number of hydrogen-bond donors (Lipinski definition) is 0. The van der Waals surface area contributed by atoms with Crippen LogP contribution in [-0.4, -0.2) is 28.3 Å². The Kier molecular flexibility index (Phi) is 13.8. The standard InChI is InChI=1S/C32H21F7N2S3.C3H7F.CH2F2/c1-2-13-31(36,37)32(38,39)18-4-6-20(24(35)15-18)26-10-12-28(43-26)22-8-7-21(29-30(22)41-44-40-29)27-11-9-25(42-27)19-5-3-17(16-33)14-23(19)34;1-2-3-4;2-1-3/h3-12,14-15H,2,13,16H2,1H3;2-3H2,1H3;1H2. The molecule has 2 nitrogen and oxygen atoms in total.